The summed E-state index contributed by atoms with van der Waals surface area (Å²) in [6.07, 6.45) is 2.93. The number of hydrogen-bond donors (Lipinski definition) is 2. The molecule has 0 aromatic carbocycles. The standard InChI is InChI=1S/C15H30N4O2/c1-3-6-16-14(20)12-18-8-5-9-19(11-10-18)13-15(21)17-7-4-2/h3-13H2,1-2H3,(H,16,20)(H,17,21). The average molecular weight is 298 g/mol. The molecule has 1 aliphatic rings. The van der Waals surface area contributed by atoms with E-state index in [-0.39, 0.29) is 11.8 Å². The summed E-state index contributed by atoms with van der Waals surface area (Å²) in [6.45, 7) is 10.1. The quantitative estimate of drug-likeness (QED) is 0.664. The van der Waals surface area contributed by atoms with Gasteiger partial charge in [-0.05, 0) is 32.4 Å². The number of nitrogens with zero attached hydrogens (tertiary/aromatic N) is 2. The normalized spacial score (nSPS) is 17.2. The number of rotatable bonds is 8. The zero-order chi connectivity index (χ0) is 15.5. The smallest absolute Gasteiger partial charge is 0.234 e. The van der Waals surface area contributed by atoms with E-state index in [0.29, 0.717) is 13.1 Å². The third-order valence-corrected chi connectivity index (χ3v) is 3.56. The molecule has 1 aliphatic heterocycles. The summed E-state index contributed by atoms with van der Waals surface area (Å²) in [4.78, 5) is 27.8. The second-order valence-corrected chi connectivity index (χ2v) is 5.61. The van der Waals surface area contributed by atoms with E-state index in [1.807, 2.05) is 13.8 Å². The van der Waals surface area contributed by atoms with Crippen LogP contribution < -0.4 is 10.6 Å². The number of nitrogens with one attached hydrogen (secondary N) is 2. The second kappa shape index (κ2) is 10.6. The van der Waals surface area contributed by atoms with Gasteiger partial charge in [0.2, 0.25) is 11.8 Å². The van der Waals surface area contributed by atoms with Crippen molar-refractivity contribution in [1.82, 2.24) is 20.4 Å². The van der Waals surface area contributed by atoms with Gasteiger partial charge in [-0.2, -0.15) is 0 Å². The van der Waals surface area contributed by atoms with Crippen molar-refractivity contribution in [3.05, 3.63) is 0 Å². The first-order chi connectivity index (χ1) is 10.2. The number of carbonyl (C=O) groups excluding carboxylic acids is 2. The number of carbonyl (C=O) groups is 2. The van der Waals surface area contributed by atoms with E-state index < -0.39 is 0 Å². The molecule has 0 aromatic heterocycles. The van der Waals surface area contributed by atoms with E-state index in [0.717, 1.165) is 58.5 Å². The van der Waals surface area contributed by atoms with Crippen LogP contribution in [0.25, 0.3) is 0 Å². The minimum absolute atomic E-state index is 0.103. The number of hydrogen-bond acceptors (Lipinski definition) is 4. The Bertz CT molecular complexity index is 293. The zero-order valence-electron chi connectivity index (χ0n) is 13.5. The molecule has 1 saturated heterocycles. The van der Waals surface area contributed by atoms with Crippen molar-refractivity contribution in [2.24, 2.45) is 0 Å². The van der Waals surface area contributed by atoms with E-state index in [4.69, 9.17) is 0 Å². The van der Waals surface area contributed by atoms with Crippen molar-refractivity contribution in [3.8, 4) is 0 Å². The molecule has 1 rings (SSSR count). The molecule has 0 aromatic rings. The highest BCUT2D eigenvalue weighted by Crippen LogP contribution is 2.02. The summed E-state index contributed by atoms with van der Waals surface area (Å²) in [5, 5.41) is 5.82. The van der Waals surface area contributed by atoms with Gasteiger partial charge in [0.25, 0.3) is 0 Å². The minimum atomic E-state index is 0.103. The fraction of sp³-hybridized carbons (Fsp3) is 0.867. The zero-order valence-corrected chi connectivity index (χ0v) is 13.5. The first-order valence-corrected chi connectivity index (χ1v) is 8.13. The van der Waals surface area contributed by atoms with Crippen LogP contribution in [0.1, 0.15) is 33.1 Å². The molecule has 0 unspecified atom stereocenters. The van der Waals surface area contributed by atoms with Crippen LogP contribution >= 0.6 is 0 Å². The third kappa shape index (κ3) is 8.02. The van der Waals surface area contributed by atoms with Crippen LogP contribution in [-0.2, 0) is 9.59 Å². The molecule has 0 bridgehead atoms. The maximum atomic E-state index is 11.7. The van der Waals surface area contributed by atoms with Crippen molar-refractivity contribution >= 4 is 11.8 Å². The van der Waals surface area contributed by atoms with Gasteiger partial charge < -0.3 is 10.6 Å². The van der Waals surface area contributed by atoms with Crippen LogP contribution in [0.2, 0.25) is 0 Å². The lowest BCUT2D eigenvalue weighted by molar-refractivity contribution is -0.123. The van der Waals surface area contributed by atoms with Crippen LogP contribution in [0.4, 0.5) is 0 Å². The summed E-state index contributed by atoms with van der Waals surface area (Å²) in [5.74, 6) is 0.206. The van der Waals surface area contributed by atoms with Crippen LogP contribution in [0.5, 0.6) is 0 Å². The van der Waals surface area contributed by atoms with Gasteiger partial charge in [-0.25, -0.2) is 0 Å². The predicted octanol–water partition coefficient (Wildman–Crippen LogP) is 0.0465. The molecule has 2 N–H and O–H groups in total. The summed E-state index contributed by atoms with van der Waals surface area (Å²) in [5.41, 5.74) is 0. The highest BCUT2D eigenvalue weighted by molar-refractivity contribution is 5.78. The maximum Gasteiger partial charge on any atom is 0.234 e. The molecule has 0 spiro atoms. The van der Waals surface area contributed by atoms with Crippen molar-refractivity contribution in [3.63, 3.8) is 0 Å². The Balaban J connectivity index is 2.26. The molecule has 1 heterocycles. The van der Waals surface area contributed by atoms with Crippen molar-refractivity contribution in [2.75, 3.05) is 52.4 Å². The lowest BCUT2D eigenvalue weighted by Gasteiger charge is -2.21. The first kappa shape index (κ1) is 17.9. The van der Waals surface area contributed by atoms with E-state index in [1.165, 1.54) is 0 Å². The maximum absolute atomic E-state index is 11.7. The Morgan fingerprint density at radius 3 is 1.62 bits per heavy atom. The molecule has 0 radical (unpaired) electrons. The molecule has 1 fully saturated rings. The molecule has 0 aliphatic carbocycles. The minimum Gasteiger partial charge on any atom is -0.355 e. The SMILES string of the molecule is CCCNC(=O)CN1CCCN(CC(=O)NCCC)CC1. The van der Waals surface area contributed by atoms with Crippen LogP contribution in [0.15, 0.2) is 0 Å². The second-order valence-electron chi connectivity index (χ2n) is 5.61. The summed E-state index contributed by atoms with van der Waals surface area (Å²) >= 11 is 0. The number of amides is 2. The molecular formula is C15H30N4O2. The van der Waals surface area contributed by atoms with Crippen molar-refractivity contribution in [1.29, 1.82) is 0 Å². The van der Waals surface area contributed by atoms with Gasteiger partial charge in [0, 0.05) is 26.2 Å². The van der Waals surface area contributed by atoms with E-state index in [1.54, 1.807) is 0 Å². The fourth-order valence-electron chi connectivity index (χ4n) is 2.39. The predicted molar refractivity (Wildman–Crippen MR) is 84.1 cm³/mol. The Labute approximate surface area is 128 Å². The van der Waals surface area contributed by atoms with Gasteiger partial charge >= 0.3 is 0 Å². The molecule has 2 amide bonds. The van der Waals surface area contributed by atoms with E-state index >= 15 is 0 Å². The van der Waals surface area contributed by atoms with Crippen molar-refractivity contribution in [2.45, 2.75) is 33.1 Å². The van der Waals surface area contributed by atoms with Crippen molar-refractivity contribution < 1.29 is 9.59 Å². The summed E-state index contributed by atoms with van der Waals surface area (Å²) in [6, 6.07) is 0. The largest absolute Gasteiger partial charge is 0.355 e. The highest BCUT2D eigenvalue weighted by atomic mass is 16.2. The molecule has 0 atom stereocenters. The topological polar surface area (TPSA) is 64.7 Å². The summed E-state index contributed by atoms with van der Waals surface area (Å²) in [7, 11) is 0. The average Bonchev–Trinajstić information content (AvgIpc) is 2.68. The Morgan fingerprint density at radius 2 is 1.24 bits per heavy atom. The van der Waals surface area contributed by atoms with Gasteiger partial charge in [-0.3, -0.25) is 19.4 Å². The highest BCUT2D eigenvalue weighted by Gasteiger charge is 2.18. The van der Waals surface area contributed by atoms with Gasteiger partial charge in [-0.1, -0.05) is 13.8 Å². The van der Waals surface area contributed by atoms with E-state index in [9.17, 15) is 9.59 Å². The Hall–Kier alpha value is -1.14. The van der Waals surface area contributed by atoms with E-state index in [2.05, 4.69) is 20.4 Å². The molecule has 122 valence electrons. The third-order valence-electron chi connectivity index (χ3n) is 3.56. The van der Waals surface area contributed by atoms with Crippen LogP contribution in [0, 0.1) is 0 Å². The van der Waals surface area contributed by atoms with Gasteiger partial charge in [0.15, 0.2) is 0 Å². The Kier molecular flexibility index (Phi) is 9.01. The molecule has 6 nitrogen and oxygen atoms in total. The molecule has 6 heteroatoms. The van der Waals surface area contributed by atoms with Crippen LogP contribution in [-0.4, -0.2) is 74.0 Å². The van der Waals surface area contributed by atoms with Gasteiger partial charge in [0.1, 0.15) is 0 Å². The fourth-order valence-corrected chi connectivity index (χ4v) is 2.39. The van der Waals surface area contributed by atoms with Crippen LogP contribution in [0.3, 0.4) is 0 Å². The molecular weight excluding hydrogens is 268 g/mol. The van der Waals surface area contributed by atoms with Gasteiger partial charge in [0.05, 0.1) is 13.1 Å². The molecule has 0 saturated carbocycles. The first-order valence-electron chi connectivity index (χ1n) is 8.13. The monoisotopic (exact) mass is 298 g/mol. The van der Waals surface area contributed by atoms with Gasteiger partial charge in [-0.15, -0.1) is 0 Å². The summed E-state index contributed by atoms with van der Waals surface area (Å²) < 4.78 is 0. The Morgan fingerprint density at radius 1 is 0.810 bits per heavy atom. The lowest BCUT2D eigenvalue weighted by atomic mass is 10.3. The lowest BCUT2D eigenvalue weighted by Crippen LogP contribution is -2.41. The molecule has 21 heavy (non-hydrogen) atoms.